The molecule has 0 spiro atoms. The number of aromatic nitrogens is 2. The molecule has 0 aliphatic rings. The Morgan fingerprint density at radius 3 is 2.70 bits per heavy atom. The summed E-state index contributed by atoms with van der Waals surface area (Å²) in [5, 5.41) is 3.29. The topological polar surface area (TPSA) is 51.8 Å². The Bertz CT molecular complexity index is 741. The highest BCUT2D eigenvalue weighted by molar-refractivity contribution is 7.15. The number of benzene rings is 1. The molecular weight excluding hydrogens is 266 g/mol. The van der Waals surface area contributed by atoms with Crippen molar-refractivity contribution in [2.75, 3.05) is 0 Å². The molecule has 2 N–H and O–H groups in total. The van der Waals surface area contributed by atoms with Crippen LogP contribution in [0.25, 0.3) is 21.5 Å². The van der Waals surface area contributed by atoms with E-state index in [0.717, 1.165) is 26.7 Å². The summed E-state index contributed by atoms with van der Waals surface area (Å²) in [4.78, 5) is 10.5. The van der Waals surface area contributed by atoms with Gasteiger partial charge in [0.2, 0.25) is 0 Å². The number of hydrogen-bond acceptors (Lipinski definition) is 4. The second-order valence-corrected chi connectivity index (χ2v) is 6.15. The Kier molecular flexibility index (Phi) is 3.51. The second-order valence-electron chi connectivity index (χ2n) is 5.07. The van der Waals surface area contributed by atoms with Crippen molar-refractivity contribution >= 4 is 22.1 Å². The summed E-state index contributed by atoms with van der Waals surface area (Å²) in [6, 6.07) is 10.3. The third-order valence-electron chi connectivity index (χ3n) is 3.34. The zero-order valence-electron chi connectivity index (χ0n) is 11.6. The minimum Gasteiger partial charge on any atom is -0.326 e. The molecule has 4 heteroatoms. The first-order valence-electron chi connectivity index (χ1n) is 6.74. The van der Waals surface area contributed by atoms with Crippen LogP contribution in [0.1, 0.15) is 30.3 Å². The summed E-state index contributed by atoms with van der Waals surface area (Å²) in [6.45, 7) is 4.83. The molecule has 2 aromatic heterocycles. The lowest BCUT2D eigenvalue weighted by molar-refractivity contribution is 0.813. The first-order chi connectivity index (χ1) is 9.70. The van der Waals surface area contributed by atoms with Crippen LogP contribution in [0.15, 0.2) is 36.5 Å². The Balaban J connectivity index is 2.21. The van der Waals surface area contributed by atoms with E-state index in [0.29, 0.717) is 12.5 Å². The standard InChI is InChI=1S/C16H17N3S/c1-10(2)14-13(9-17)20-16(19-14)15-12-6-4-3-5-11(12)7-8-18-15/h3-8,10H,9,17H2,1-2H3. The maximum Gasteiger partial charge on any atom is 0.143 e. The van der Waals surface area contributed by atoms with Crippen LogP contribution < -0.4 is 5.73 Å². The lowest BCUT2D eigenvalue weighted by Crippen LogP contribution is -1.99. The van der Waals surface area contributed by atoms with Crippen LogP contribution in [-0.2, 0) is 6.54 Å². The molecule has 102 valence electrons. The monoisotopic (exact) mass is 283 g/mol. The van der Waals surface area contributed by atoms with Crippen molar-refractivity contribution in [3.05, 3.63) is 47.1 Å². The molecule has 2 heterocycles. The fourth-order valence-corrected chi connectivity index (χ4v) is 3.46. The normalized spacial score (nSPS) is 11.4. The predicted octanol–water partition coefficient (Wildman–Crippen LogP) is 3.94. The van der Waals surface area contributed by atoms with Crippen molar-refractivity contribution in [2.24, 2.45) is 5.73 Å². The molecule has 0 fully saturated rings. The second kappa shape index (κ2) is 5.31. The lowest BCUT2D eigenvalue weighted by atomic mass is 10.1. The average Bonchev–Trinajstić information content (AvgIpc) is 2.91. The molecular formula is C16H17N3S. The van der Waals surface area contributed by atoms with E-state index in [1.165, 1.54) is 5.39 Å². The Morgan fingerprint density at radius 2 is 2.00 bits per heavy atom. The quantitative estimate of drug-likeness (QED) is 0.792. The fourth-order valence-electron chi connectivity index (χ4n) is 2.35. The van der Waals surface area contributed by atoms with Gasteiger partial charge in [0.1, 0.15) is 10.7 Å². The van der Waals surface area contributed by atoms with Crippen LogP contribution in [0, 0.1) is 0 Å². The number of hydrogen-bond donors (Lipinski definition) is 1. The number of rotatable bonds is 3. The molecule has 0 bridgehead atoms. The maximum absolute atomic E-state index is 5.84. The summed E-state index contributed by atoms with van der Waals surface area (Å²) >= 11 is 1.66. The summed E-state index contributed by atoms with van der Waals surface area (Å²) in [5.74, 6) is 0.383. The van der Waals surface area contributed by atoms with Gasteiger partial charge in [-0.25, -0.2) is 4.98 Å². The van der Waals surface area contributed by atoms with Crippen LogP contribution in [0.3, 0.4) is 0 Å². The van der Waals surface area contributed by atoms with Crippen LogP contribution in [0.4, 0.5) is 0 Å². The van der Waals surface area contributed by atoms with E-state index < -0.39 is 0 Å². The Hall–Kier alpha value is -1.78. The zero-order valence-corrected chi connectivity index (χ0v) is 12.4. The highest BCUT2D eigenvalue weighted by Gasteiger charge is 2.16. The molecule has 3 rings (SSSR count). The van der Waals surface area contributed by atoms with Gasteiger partial charge >= 0.3 is 0 Å². The van der Waals surface area contributed by atoms with Gasteiger partial charge in [-0.1, -0.05) is 38.1 Å². The zero-order chi connectivity index (χ0) is 14.1. The number of nitrogens with zero attached hydrogens (tertiary/aromatic N) is 2. The highest BCUT2D eigenvalue weighted by atomic mass is 32.1. The number of fused-ring (bicyclic) bond motifs is 1. The van der Waals surface area contributed by atoms with E-state index in [-0.39, 0.29) is 0 Å². The predicted molar refractivity (Wildman–Crippen MR) is 84.8 cm³/mol. The first-order valence-corrected chi connectivity index (χ1v) is 7.56. The molecule has 0 amide bonds. The third-order valence-corrected chi connectivity index (χ3v) is 4.44. The first kappa shape index (κ1) is 13.2. The minimum absolute atomic E-state index is 0.383. The summed E-state index contributed by atoms with van der Waals surface area (Å²) < 4.78 is 0. The van der Waals surface area contributed by atoms with Crippen molar-refractivity contribution < 1.29 is 0 Å². The van der Waals surface area contributed by atoms with Gasteiger partial charge in [0.05, 0.1) is 5.69 Å². The summed E-state index contributed by atoms with van der Waals surface area (Å²) in [6.07, 6.45) is 1.84. The van der Waals surface area contributed by atoms with Gasteiger partial charge in [-0.2, -0.15) is 0 Å². The van der Waals surface area contributed by atoms with Gasteiger partial charge < -0.3 is 5.73 Å². The SMILES string of the molecule is CC(C)c1nc(-c2nccc3ccccc23)sc1CN. The van der Waals surface area contributed by atoms with Crippen LogP contribution in [0.2, 0.25) is 0 Å². The van der Waals surface area contributed by atoms with Crippen molar-refractivity contribution in [1.82, 2.24) is 9.97 Å². The van der Waals surface area contributed by atoms with Gasteiger partial charge in [0.25, 0.3) is 0 Å². The molecule has 3 aromatic rings. The Labute approximate surface area is 122 Å². The number of nitrogens with two attached hydrogens (primary N) is 1. The van der Waals surface area contributed by atoms with Crippen LogP contribution in [0.5, 0.6) is 0 Å². The number of thiazole rings is 1. The van der Waals surface area contributed by atoms with Crippen molar-refractivity contribution in [3.8, 4) is 10.7 Å². The molecule has 0 saturated heterocycles. The highest BCUT2D eigenvalue weighted by Crippen LogP contribution is 2.33. The maximum atomic E-state index is 5.84. The molecule has 1 aromatic carbocycles. The molecule has 3 nitrogen and oxygen atoms in total. The summed E-state index contributed by atoms with van der Waals surface area (Å²) in [5.41, 5.74) is 7.90. The third kappa shape index (κ3) is 2.21. The molecule has 0 atom stereocenters. The average molecular weight is 283 g/mol. The van der Waals surface area contributed by atoms with E-state index in [9.17, 15) is 0 Å². The molecule has 0 aliphatic heterocycles. The van der Waals surface area contributed by atoms with E-state index >= 15 is 0 Å². The molecule has 0 aliphatic carbocycles. The fraction of sp³-hybridized carbons (Fsp3) is 0.250. The summed E-state index contributed by atoms with van der Waals surface area (Å²) in [7, 11) is 0. The van der Waals surface area contributed by atoms with Crippen molar-refractivity contribution in [2.45, 2.75) is 26.3 Å². The molecule has 20 heavy (non-hydrogen) atoms. The van der Waals surface area contributed by atoms with E-state index in [1.54, 1.807) is 11.3 Å². The van der Waals surface area contributed by atoms with E-state index in [2.05, 4.69) is 31.0 Å². The molecule has 0 saturated carbocycles. The van der Waals surface area contributed by atoms with Gasteiger partial charge in [0, 0.05) is 23.0 Å². The van der Waals surface area contributed by atoms with Crippen molar-refractivity contribution in [1.29, 1.82) is 0 Å². The molecule has 0 unspecified atom stereocenters. The van der Waals surface area contributed by atoms with Crippen LogP contribution >= 0.6 is 11.3 Å². The lowest BCUT2D eigenvalue weighted by Gasteiger charge is -2.03. The Morgan fingerprint density at radius 1 is 1.20 bits per heavy atom. The van der Waals surface area contributed by atoms with E-state index in [4.69, 9.17) is 10.7 Å². The minimum atomic E-state index is 0.383. The van der Waals surface area contributed by atoms with Gasteiger partial charge in [0.15, 0.2) is 0 Å². The van der Waals surface area contributed by atoms with Crippen molar-refractivity contribution in [3.63, 3.8) is 0 Å². The largest absolute Gasteiger partial charge is 0.326 e. The van der Waals surface area contributed by atoms with Crippen LogP contribution in [-0.4, -0.2) is 9.97 Å². The number of pyridine rings is 1. The molecule has 0 radical (unpaired) electrons. The smallest absolute Gasteiger partial charge is 0.143 e. The van der Waals surface area contributed by atoms with E-state index in [1.807, 2.05) is 24.4 Å². The van der Waals surface area contributed by atoms with Gasteiger partial charge in [-0.3, -0.25) is 4.98 Å². The van der Waals surface area contributed by atoms with Gasteiger partial charge in [-0.05, 0) is 17.4 Å². The van der Waals surface area contributed by atoms with Gasteiger partial charge in [-0.15, -0.1) is 11.3 Å².